The van der Waals surface area contributed by atoms with E-state index in [9.17, 15) is 21.6 Å². The van der Waals surface area contributed by atoms with Crippen LogP contribution in [0.2, 0.25) is 0 Å². The summed E-state index contributed by atoms with van der Waals surface area (Å²) in [5.74, 6) is 0.395. The van der Waals surface area contributed by atoms with Crippen molar-refractivity contribution in [2.24, 2.45) is 0 Å². The Morgan fingerprint density at radius 1 is 1.08 bits per heavy atom. The molecule has 0 fully saturated rings. The summed E-state index contributed by atoms with van der Waals surface area (Å²) in [6, 6.07) is 6.77. The Kier molecular flexibility index (Phi) is 4.79. The van der Waals surface area contributed by atoms with Gasteiger partial charge in [0.15, 0.2) is 5.76 Å². The van der Waals surface area contributed by atoms with Crippen LogP contribution in [0.15, 0.2) is 64.4 Å². The molecule has 2 heterocycles. The molecular weight excluding hydrogens is 371 g/mol. The summed E-state index contributed by atoms with van der Waals surface area (Å²) in [7, 11) is -4.18. The summed E-state index contributed by atoms with van der Waals surface area (Å²) in [5, 5.41) is 0. The molecule has 3 aromatic rings. The van der Waals surface area contributed by atoms with Crippen LogP contribution < -0.4 is 4.72 Å². The molecule has 0 atom stereocenters. The summed E-state index contributed by atoms with van der Waals surface area (Å²) in [6.45, 7) is -0.261. The highest BCUT2D eigenvalue weighted by atomic mass is 32.2. The first kappa shape index (κ1) is 18.1. The van der Waals surface area contributed by atoms with E-state index in [-0.39, 0.29) is 12.2 Å². The van der Waals surface area contributed by atoms with Crippen molar-refractivity contribution in [2.45, 2.75) is 17.6 Å². The van der Waals surface area contributed by atoms with Crippen molar-refractivity contribution in [1.82, 2.24) is 14.7 Å². The van der Waals surface area contributed by atoms with E-state index in [2.05, 4.69) is 14.7 Å². The first-order chi connectivity index (χ1) is 12.3. The zero-order chi connectivity index (χ0) is 18.8. The minimum atomic E-state index is -4.64. The quantitative estimate of drug-likeness (QED) is 0.731. The molecule has 6 nitrogen and oxygen atoms in total. The van der Waals surface area contributed by atoms with Gasteiger partial charge < -0.3 is 4.42 Å². The third-order valence-corrected chi connectivity index (χ3v) is 4.83. The summed E-state index contributed by atoms with van der Waals surface area (Å²) in [4.78, 5) is 7.67. The molecule has 0 spiro atoms. The molecule has 26 heavy (non-hydrogen) atoms. The highest BCUT2D eigenvalue weighted by molar-refractivity contribution is 7.89. The second kappa shape index (κ2) is 6.89. The van der Waals surface area contributed by atoms with E-state index in [0.29, 0.717) is 17.5 Å². The number of alkyl halides is 3. The van der Waals surface area contributed by atoms with Gasteiger partial charge in [-0.1, -0.05) is 6.07 Å². The Bertz CT molecular complexity index is 1000. The average molecular weight is 383 g/mol. The van der Waals surface area contributed by atoms with E-state index in [0.717, 1.165) is 18.2 Å². The number of sulfonamides is 1. The molecule has 1 N–H and O–H groups in total. The van der Waals surface area contributed by atoms with Crippen LogP contribution in [-0.4, -0.2) is 18.4 Å². The number of halogens is 3. The number of rotatable bonds is 5. The summed E-state index contributed by atoms with van der Waals surface area (Å²) in [5.41, 5.74) is -0.432. The van der Waals surface area contributed by atoms with Gasteiger partial charge in [-0.3, -0.25) is 4.98 Å². The van der Waals surface area contributed by atoms with Gasteiger partial charge in [0.1, 0.15) is 5.69 Å². The third-order valence-electron chi connectivity index (χ3n) is 3.43. The van der Waals surface area contributed by atoms with Gasteiger partial charge in [-0.25, -0.2) is 18.1 Å². The van der Waals surface area contributed by atoms with Crippen LogP contribution in [-0.2, 0) is 22.7 Å². The Balaban J connectivity index is 1.84. The maximum absolute atomic E-state index is 12.8. The lowest BCUT2D eigenvalue weighted by molar-refractivity contribution is -0.137. The molecule has 0 unspecified atom stereocenters. The summed E-state index contributed by atoms with van der Waals surface area (Å²) >= 11 is 0. The SMILES string of the molecule is O=S(=O)(NCc1nccnc1-c1ccco1)c1cccc(C(F)(F)F)c1. The first-order valence-electron chi connectivity index (χ1n) is 7.28. The Labute approximate surface area is 146 Å². The second-order valence-corrected chi connectivity index (χ2v) is 6.95. The van der Waals surface area contributed by atoms with E-state index in [1.807, 2.05) is 0 Å². The van der Waals surface area contributed by atoms with Crippen molar-refractivity contribution in [3.63, 3.8) is 0 Å². The van der Waals surface area contributed by atoms with Crippen molar-refractivity contribution < 1.29 is 26.0 Å². The molecular formula is C16H12F3N3O3S. The maximum Gasteiger partial charge on any atom is 0.416 e. The number of benzene rings is 1. The third kappa shape index (κ3) is 3.92. The van der Waals surface area contributed by atoms with Gasteiger partial charge in [-0.05, 0) is 30.3 Å². The Hall–Kier alpha value is -2.72. The van der Waals surface area contributed by atoms with Crippen LogP contribution in [0.1, 0.15) is 11.3 Å². The molecule has 136 valence electrons. The molecule has 0 aliphatic heterocycles. The van der Waals surface area contributed by atoms with Crippen LogP contribution in [0.25, 0.3) is 11.5 Å². The molecule has 0 aliphatic carbocycles. The topological polar surface area (TPSA) is 85.1 Å². The van der Waals surface area contributed by atoms with E-state index in [1.165, 1.54) is 18.7 Å². The largest absolute Gasteiger partial charge is 0.463 e. The zero-order valence-corrected chi connectivity index (χ0v) is 13.9. The fraction of sp³-hybridized carbons (Fsp3) is 0.125. The fourth-order valence-corrected chi connectivity index (χ4v) is 3.23. The average Bonchev–Trinajstić information content (AvgIpc) is 3.14. The van der Waals surface area contributed by atoms with Crippen molar-refractivity contribution in [3.8, 4) is 11.5 Å². The molecule has 0 amide bonds. The maximum atomic E-state index is 12.8. The van der Waals surface area contributed by atoms with Crippen molar-refractivity contribution in [1.29, 1.82) is 0 Å². The van der Waals surface area contributed by atoms with Gasteiger partial charge in [-0.15, -0.1) is 0 Å². The van der Waals surface area contributed by atoms with E-state index in [4.69, 9.17) is 4.42 Å². The lowest BCUT2D eigenvalue weighted by Gasteiger charge is -2.11. The van der Waals surface area contributed by atoms with Gasteiger partial charge in [0.2, 0.25) is 10.0 Å². The Morgan fingerprint density at radius 3 is 2.54 bits per heavy atom. The molecule has 0 aliphatic rings. The van der Waals surface area contributed by atoms with Crippen molar-refractivity contribution in [3.05, 3.63) is 66.3 Å². The minimum Gasteiger partial charge on any atom is -0.463 e. The summed E-state index contributed by atoms with van der Waals surface area (Å²) in [6.07, 6.45) is -0.410. The Morgan fingerprint density at radius 2 is 1.85 bits per heavy atom. The fourth-order valence-electron chi connectivity index (χ4n) is 2.20. The van der Waals surface area contributed by atoms with E-state index in [1.54, 1.807) is 12.1 Å². The van der Waals surface area contributed by atoms with Crippen molar-refractivity contribution >= 4 is 10.0 Å². The predicted octanol–water partition coefficient (Wildman–Crippen LogP) is 3.23. The van der Waals surface area contributed by atoms with Crippen LogP contribution in [0, 0.1) is 0 Å². The number of nitrogens with zero attached hydrogens (tertiary/aromatic N) is 2. The first-order valence-corrected chi connectivity index (χ1v) is 8.76. The van der Waals surface area contributed by atoms with Gasteiger partial charge in [-0.2, -0.15) is 13.2 Å². The van der Waals surface area contributed by atoms with Crippen LogP contribution >= 0.6 is 0 Å². The number of nitrogens with one attached hydrogen (secondary N) is 1. The standard InChI is InChI=1S/C16H12F3N3O3S/c17-16(18,19)11-3-1-4-12(9-11)26(23,24)22-10-13-15(21-7-6-20-13)14-5-2-8-25-14/h1-9,22H,10H2. The van der Waals surface area contributed by atoms with Crippen LogP contribution in [0.3, 0.4) is 0 Å². The monoisotopic (exact) mass is 383 g/mol. The van der Waals surface area contributed by atoms with Crippen LogP contribution in [0.4, 0.5) is 13.2 Å². The van der Waals surface area contributed by atoms with Crippen molar-refractivity contribution in [2.75, 3.05) is 0 Å². The van der Waals surface area contributed by atoms with Gasteiger partial charge in [0.05, 0.1) is 29.0 Å². The number of hydrogen-bond donors (Lipinski definition) is 1. The molecule has 0 saturated heterocycles. The van der Waals surface area contributed by atoms with Crippen LogP contribution in [0.5, 0.6) is 0 Å². The molecule has 1 aromatic carbocycles. The van der Waals surface area contributed by atoms with Gasteiger partial charge in [0, 0.05) is 12.4 Å². The molecule has 0 bridgehead atoms. The highest BCUT2D eigenvalue weighted by Crippen LogP contribution is 2.30. The molecule has 10 heteroatoms. The van der Waals surface area contributed by atoms with E-state index >= 15 is 0 Å². The number of hydrogen-bond acceptors (Lipinski definition) is 5. The van der Waals surface area contributed by atoms with Gasteiger partial charge >= 0.3 is 6.18 Å². The summed E-state index contributed by atoms with van der Waals surface area (Å²) < 4.78 is 70.4. The molecule has 3 rings (SSSR count). The number of aromatic nitrogens is 2. The zero-order valence-electron chi connectivity index (χ0n) is 13.1. The molecule has 2 aromatic heterocycles. The smallest absolute Gasteiger partial charge is 0.416 e. The normalized spacial score (nSPS) is 12.3. The second-order valence-electron chi connectivity index (χ2n) is 5.18. The van der Waals surface area contributed by atoms with E-state index < -0.39 is 26.7 Å². The lowest BCUT2D eigenvalue weighted by atomic mass is 10.2. The minimum absolute atomic E-state index is 0.261. The number of furan rings is 1. The molecule has 0 saturated carbocycles. The van der Waals surface area contributed by atoms with Gasteiger partial charge in [0.25, 0.3) is 0 Å². The lowest BCUT2D eigenvalue weighted by Crippen LogP contribution is -2.24. The highest BCUT2D eigenvalue weighted by Gasteiger charge is 2.31. The predicted molar refractivity (Wildman–Crippen MR) is 85.2 cm³/mol. The molecule has 0 radical (unpaired) electrons.